The zero-order valence-corrected chi connectivity index (χ0v) is 16.8. The highest BCUT2D eigenvalue weighted by Gasteiger charge is 2.17. The zero-order chi connectivity index (χ0) is 20.8. The van der Waals surface area contributed by atoms with E-state index < -0.39 is 12.1 Å². The quantitative estimate of drug-likeness (QED) is 0.547. The summed E-state index contributed by atoms with van der Waals surface area (Å²) in [4.78, 5) is 25.4. The Kier molecular flexibility index (Phi) is 6.56. The van der Waals surface area contributed by atoms with Crippen molar-refractivity contribution < 1.29 is 24.1 Å². The lowest BCUT2D eigenvalue weighted by Gasteiger charge is -2.19. The summed E-state index contributed by atoms with van der Waals surface area (Å²) in [6, 6.07) is 14.6. The first-order chi connectivity index (χ1) is 13.9. The predicted octanol–water partition coefficient (Wildman–Crippen LogP) is 3.42. The fourth-order valence-corrected chi connectivity index (χ4v) is 3.53. The number of esters is 1. The number of rotatable bonds is 8. The highest BCUT2D eigenvalue weighted by molar-refractivity contribution is 7.09. The van der Waals surface area contributed by atoms with Crippen LogP contribution in [0, 0.1) is 0 Å². The smallest absolute Gasteiger partial charge is 0.307 e. The van der Waals surface area contributed by atoms with Crippen molar-refractivity contribution in [3.63, 3.8) is 0 Å². The maximum Gasteiger partial charge on any atom is 0.307 e. The molecular weight excluding hydrogens is 394 g/mol. The van der Waals surface area contributed by atoms with Gasteiger partial charge >= 0.3 is 10.8 Å². The van der Waals surface area contributed by atoms with Crippen LogP contribution >= 0.6 is 11.3 Å². The fourth-order valence-electron chi connectivity index (χ4n) is 2.77. The van der Waals surface area contributed by atoms with E-state index in [1.54, 1.807) is 25.3 Å². The minimum atomic E-state index is -0.573. The maximum absolute atomic E-state index is 11.5. The lowest BCUT2D eigenvalue weighted by atomic mass is 10.1. The van der Waals surface area contributed by atoms with Crippen molar-refractivity contribution in [2.24, 2.45) is 0 Å². The van der Waals surface area contributed by atoms with Crippen LogP contribution < -0.4 is 14.3 Å². The molecule has 3 rings (SSSR count). The number of aromatic amines is 1. The molecule has 0 spiro atoms. The van der Waals surface area contributed by atoms with Crippen LogP contribution in [-0.2, 0) is 16.0 Å². The van der Waals surface area contributed by atoms with Gasteiger partial charge in [-0.25, -0.2) is 0 Å². The number of methoxy groups -OCH3 is 1. The van der Waals surface area contributed by atoms with Gasteiger partial charge in [-0.1, -0.05) is 35.6 Å². The molecule has 2 aromatic carbocycles. The topological polar surface area (TPSA) is 97.8 Å². The number of ether oxygens (including phenoxy) is 3. The first-order valence-corrected chi connectivity index (χ1v) is 9.70. The third-order valence-electron chi connectivity index (χ3n) is 4.16. The minimum Gasteiger partial charge on any atom is -0.497 e. The fraction of sp³-hybridized carbons (Fsp3) is 0.238. The molecular formula is C21H21NO6S. The van der Waals surface area contributed by atoms with E-state index in [1.807, 2.05) is 30.3 Å². The Morgan fingerprint density at radius 2 is 1.93 bits per heavy atom. The highest BCUT2D eigenvalue weighted by Crippen LogP contribution is 2.25. The van der Waals surface area contributed by atoms with Gasteiger partial charge in [-0.3, -0.25) is 14.6 Å². The third-order valence-corrected chi connectivity index (χ3v) is 5.04. The zero-order valence-electron chi connectivity index (χ0n) is 16.0. The number of carbonyl (C=O) groups is 1. The second-order valence-corrected chi connectivity index (χ2v) is 7.36. The number of thiazole rings is 1. The summed E-state index contributed by atoms with van der Waals surface area (Å²) in [5.74, 6) is 0.782. The van der Waals surface area contributed by atoms with Gasteiger partial charge in [0.1, 0.15) is 18.1 Å². The van der Waals surface area contributed by atoms with E-state index in [0.29, 0.717) is 22.8 Å². The van der Waals surface area contributed by atoms with Crippen LogP contribution in [0.3, 0.4) is 0 Å². The SMILES string of the molecule is COc1cccc([C@H](COc2ccc(Cc3sc(=O)[nH]c3O)cc2)OC(C)=O)c1. The number of aromatic nitrogens is 1. The molecule has 2 N–H and O–H groups in total. The molecule has 152 valence electrons. The number of benzene rings is 2. The Morgan fingerprint density at radius 3 is 2.55 bits per heavy atom. The van der Waals surface area contributed by atoms with Gasteiger partial charge in [-0.05, 0) is 35.4 Å². The number of hydrogen-bond donors (Lipinski definition) is 2. The van der Waals surface area contributed by atoms with Gasteiger partial charge in [0.05, 0.1) is 12.0 Å². The molecule has 0 saturated heterocycles. The van der Waals surface area contributed by atoms with Crippen molar-refractivity contribution in [3.05, 3.63) is 74.2 Å². The number of aromatic hydroxyl groups is 1. The summed E-state index contributed by atoms with van der Waals surface area (Å²) < 4.78 is 16.4. The van der Waals surface area contributed by atoms with Gasteiger partial charge in [-0.2, -0.15) is 0 Å². The van der Waals surface area contributed by atoms with Gasteiger partial charge in [0, 0.05) is 13.3 Å². The van der Waals surface area contributed by atoms with Crippen LogP contribution in [-0.4, -0.2) is 29.8 Å². The molecule has 0 unspecified atom stereocenters. The summed E-state index contributed by atoms with van der Waals surface area (Å²) in [6.45, 7) is 1.50. The van der Waals surface area contributed by atoms with Gasteiger partial charge < -0.3 is 19.3 Å². The van der Waals surface area contributed by atoms with E-state index >= 15 is 0 Å². The maximum atomic E-state index is 11.5. The molecule has 8 heteroatoms. The Balaban J connectivity index is 1.66. The summed E-state index contributed by atoms with van der Waals surface area (Å²) in [6.07, 6.45) is -0.133. The highest BCUT2D eigenvalue weighted by atomic mass is 32.1. The molecule has 7 nitrogen and oxygen atoms in total. The summed E-state index contributed by atoms with van der Waals surface area (Å²) in [5.41, 5.74) is 1.70. The number of hydrogen-bond acceptors (Lipinski definition) is 7. The molecule has 1 aromatic heterocycles. The van der Waals surface area contributed by atoms with Crippen molar-refractivity contribution >= 4 is 17.3 Å². The lowest BCUT2D eigenvalue weighted by molar-refractivity contribution is -0.148. The van der Waals surface area contributed by atoms with Crippen molar-refractivity contribution in [3.8, 4) is 17.4 Å². The molecule has 0 fully saturated rings. The summed E-state index contributed by atoms with van der Waals surface area (Å²) >= 11 is 0.983. The Morgan fingerprint density at radius 1 is 1.17 bits per heavy atom. The number of carbonyl (C=O) groups excluding carboxylic acids is 1. The van der Waals surface area contributed by atoms with Gasteiger partial charge in [-0.15, -0.1) is 0 Å². The van der Waals surface area contributed by atoms with Gasteiger partial charge in [0.15, 0.2) is 6.10 Å². The van der Waals surface area contributed by atoms with Crippen LogP contribution in [0.15, 0.2) is 53.3 Å². The van der Waals surface area contributed by atoms with Crippen molar-refractivity contribution in [2.45, 2.75) is 19.4 Å². The standard InChI is InChI=1S/C21H21NO6S/c1-13(23)28-18(15-4-3-5-17(11-15)26-2)12-27-16-8-6-14(7-9-16)10-19-20(24)22-21(25)29-19/h3-9,11,18,24H,10,12H2,1-2H3,(H,22,25)/t18-/m0/s1. The Labute approximate surface area is 171 Å². The molecule has 0 radical (unpaired) electrons. The van der Waals surface area contributed by atoms with E-state index in [0.717, 1.165) is 22.5 Å². The van der Waals surface area contributed by atoms with Crippen LogP contribution in [0.5, 0.6) is 17.4 Å². The lowest BCUT2D eigenvalue weighted by Crippen LogP contribution is -2.16. The molecule has 0 amide bonds. The second kappa shape index (κ2) is 9.29. The van der Waals surface area contributed by atoms with E-state index in [4.69, 9.17) is 14.2 Å². The molecule has 1 atom stereocenters. The van der Waals surface area contributed by atoms with Crippen molar-refractivity contribution in [1.29, 1.82) is 0 Å². The average Bonchev–Trinajstić information content (AvgIpc) is 3.02. The van der Waals surface area contributed by atoms with Gasteiger partial charge in [0.25, 0.3) is 0 Å². The van der Waals surface area contributed by atoms with Crippen LogP contribution in [0.4, 0.5) is 0 Å². The first-order valence-electron chi connectivity index (χ1n) is 8.88. The van der Waals surface area contributed by atoms with E-state index in [2.05, 4.69) is 4.98 Å². The number of H-pyrrole nitrogens is 1. The molecule has 1 heterocycles. The van der Waals surface area contributed by atoms with Crippen LogP contribution in [0.1, 0.15) is 29.0 Å². The van der Waals surface area contributed by atoms with Gasteiger partial charge in [0.2, 0.25) is 5.88 Å². The largest absolute Gasteiger partial charge is 0.497 e. The predicted molar refractivity (Wildman–Crippen MR) is 109 cm³/mol. The minimum absolute atomic E-state index is 0.0946. The second-order valence-electron chi connectivity index (χ2n) is 6.29. The van der Waals surface area contributed by atoms with Crippen LogP contribution in [0.2, 0.25) is 0 Å². The third kappa shape index (κ3) is 5.61. The molecule has 0 bridgehead atoms. The first kappa shape index (κ1) is 20.5. The molecule has 29 heavy (non-hydrogen) atoms. The Bertz CT molecular complexity index is 1020. The summed E-state index contributed by atoms with van der Waals surface area (Å²) in [7, 11) is 1.57. The molecule has 0 aliphatic rings. The summed E-state index contributed by atoms with van der Waals surface area (Å²) in [5, 5.41) is 9.69. The van der Waals surface area contributed by atoms with E-state index in [1.165, 1.54) is 6.92 Å². The molecule has 3 aromatic rings. The molecule has 0 saturated carbocycles. The average molecular weight is 415 g/mol. The molecule has 0 aliphatic carbocycles. The Hall–Kier alpha value is -3.26. The van der Waals surface area contributed by atoms with E-state index in [9.17, 15) is 14.7 Å². The molecule has 0 aliphatic heterocycles. The normalized spacial score (nSPS) is 11.7. The van der Waals surface area contributed by atoms with E-state index in [-0.39, 0.29) is 17.4 Å². The van der Waals surface area contributed by atoms with Crippen LogP contribution in [0.25, 0.3) is 0 Å². The van der Waals surface area contributed by atoms with Crippen molar-refractivity contribution in [1.82, 2.24) is 4.98 Å². The number of nitrogens with one attached hydrogen (secondary N) is 1. The monoisotopic (exact) mass is 415 g/mol. The van der Waals surface area contributed by atoms with Crippen molar-refractivity contribution in [2.75, 3.05) is 13.7 Å².